The molecule has 1 aromatic carbocycles. The van der Waals surface area contributed by atoms with Crippen LogP contribution in [0.5, 0.6) is 0 Å². The summed E-state index contributed by atoms with van der Waals surface area (Å²) in [6.45, 7) is 2.01. The summed E-state index contributed by atoms with van der Waals surface area (Å²) in [7, 11) is 3.58. The van der Waals surface area contributed by atoms with E-state index in [-0.39, 0.29) is 11.7 Å². The Morgan fingerprint density at radius 1 is 1.22 bits per heavy atom. The zero-order valence-corrected chi connectivity index (χ0v) is 21.5. The molecule has 0 spiro atoms. The Kier molecular flexibility index (Phi) is 6.63. The van der Waals surface area contributed by atoms with E-state index in [0.29, 0.717) is 18.0 Å². The number of H-pyrrole nitrogens is 1. The molecule has 0 bridgehead atoms. The van der Waals surface area contributed by atoms with Crippen molar-refractivity contribution in [1.82, 2.24) is 30.3 Å². The van der Waals surface area contributed by atoms with Gasteiger partial charge in [-0.1, -0.05) is 42.2 Å². The van der Waals surface area contributed by atoms with Gasteiger partial charge in [0.25, 0.3) is 11.8 Å². The number of thiophene rings is 1. The molecule has 0 aliphatic carbocycles. The first-order valence-electron chi connectivity index (χ1n) is 11.2. The van der Waals surface area contributed by atoms with E-state index in [1.807, 2.05) is 50.5 Å². The molecule has 0 saturated carbocycles. The van der Waals surface area contributed by atoms with Crippen LogP contribution in [0.1, 0.15) is 38.0 Å². The van der Waals surface area contributed by atoms with Gasteiger partial charge in [-0.25, -0.2) is 0 Å². The summed E-state index contributed by atoms with van der Waals surface area (Å²) in [5, 5.41) is 15.9. The molecule has 0 fully saturated rings. The van der Waals surface area contributed by atoms with Crippen LogP contribution in [-0.4, -0.2) is 55.6 Å². The van der Waals surface area contributed by atoms with Gasteiger partial charge < -0.3 is 15.2 Å². The van der Waals surface area contributed by atoms with Crippen molar-refractivity contribution >= 4 is 39.9 Å². The Balaban J connectivity index is 1.28. The van der Waals surface area contributed by atoms with Crippen LogP contribution >= 0.6 is 23.1 Å². The summed E-state index contributed by atoms with van der Waals surface area (Å²) in [6.07, 6.45) is 4.11. The number of hydrogen-bond acceptors (Lipinski definition) is 7. The topological polar surface area (TPSA) is 109 Å². The fourth-order valence-corrected chi connectivity index (χ4v) is 6.31. The summed E-state index contributed by atoms with van der Waals surface area (Å²) in [5.41, 5.74) is 2.92. The number of amides is 2. The zero-order chi connectivity index (χ0) is 25.2. The first-order valence-corrected chi connectivity index (χ1v) is 13.0. The number of nitrogens with one attached hydrogen (secondary N) is 2. The van der Waals surface area contributed by atoms with Crippen molar-refractivity contribution in [2.24, 2.45) is 7.05 Å². The molecule has 2 N–H and O–H groups in total. The van der Waals surface area contributed by atoms with Crippen LogP contribution in [0, 0.1) is 18.8 Å². The molecule has 1 aliphatic heterocycles. The molecule has 2 amide bonds. The van der Waals surface area contributed by atoms with Gasteiger partial charge in [0.2, 0.25) is 5.82 Å². The van der Waals surface area contributed by atoms with Crippen LogP contribution in [0.2, 0.25) is 0 Å². The van der Waals surface area contributed by atoms with Gasteiger partial charge in [0.15, 0.2) is 0 Å². The fourth-order valence-electron chi connectivity index (χ4n) is 3.78. The second-order valence-electron chi connectivity index (χ2n) is 8.36. The minimum Gasteiger partial charge on any atom is -0.337 e. The average Bonchev–Trinajstić information content (AvgIpc) is 3.57. The third-order valence-corrected chi connectivity index (χ3v) is 8.40. The summed E-state index contributed by atoms with van der Waals surface area (Å²) in [6, 6.07) is 9.11. The Hall–Kier alpha value is -3.88. The molecule has 4 heterocycles. The smallest absolute Gasteiger partial charge is 0.289 e. The number of aromatic nitrogens is 5. The SMILES string of the molecule is Cc1c(C#Cc2cnn(C)c2)sc2c1SC[C@H](NC(=O)c1nnc(Cc3ccccc3)[nH]1)C(=O)N2C. The van der Waals surface area contributed by atoms with Gasteiger partial charge in [0.1, 0.15) is 16.9 Å². The Morgan fingerprint density at radius 3 is 2.78 bits per heavy atom. The van der Waals surface area contributed by atoms with Crippen LogP contribution in [0.25, 0.3) is 0 Å². The molecule has 1 atom stereocenters. The zero-order valence-electron chi connectivity index (χ0n) is 19.9. The summed E-state index contributed by atoms with van der Waals surface area (Å²) in [4.78, 5) is 32.6. The highest BCUT2D eigenvalue weighted by Gasteiger charge is 2.33. The lowest BCUT2D eigenvalue weighted by Crippen LogP contribution is -2.48. The predicted octanol–water partition coefficient (Wildman–Crippen LogP) is 2.77. The van der Waals surface area contributed by atoms with Crippen molar-refractivity contribution in [3.8, 4) is 11.8 Å². The van der Waals surface area contributed by atoms with Crippen molar-refractivity contribution in [2.45, 2.75) is 24.3 Å². The number of fused-ring (bicyclic) bond motifs is 1. The lowest BCUT2D eigenvalue weighted by molar-refractivity contribution is -0.119. The second-order valence-corrected chi connectivity index (χ2v) is 10.4. The Morgan fingerprint density at radius 2 is 2.03 bits per heavy atom. The normalized spacial score (nSPS) is 15.1. The number of carbonyl (C=O) groups excluding carboxylic acids is 2. The maximum absolute atomic E-state index is 13.2. The minimum atomic E-state index is -0.695. The van der Waals surface area contributed by atoms with Crippen LogP contribution < -0.4 is 10.2 Å². The molecular formula is C25H23N7O2S2. The van der Waals surface area contributed by atoms with Crippen molar-refractivity contribution in [2.75, 3.05) is 17.7 Å². The van der Waals surface area contributed by atoms with E-state index < -0.39 is 11.9 Å². The Bertz CT molecular complexity index is 1490. The summed E-state index contributed by atoms with van der Waals surface area (Å²) in [5.74, 6) is 6.78. The molecule has 0 unspecified atom stereocenters. The quantitative estimate of drug-likeness (QED) is 0.403. The van der Waals surface area contributed by atoms with Crippen LogP contribution in [-0.2, 0) is 18.3 Å². The van der Waals surface area contributed by atoms with Gasteiger partial charge in [0, 0.05) is 37.4 Å². The van der Waals surface area contributed by atoms with Crippen molar-refractivity contribution in [3.05, 3.63) is 75.9 Å². The molecule has 3 aromatic heterocycles. The van der Waals surface area contributed by atoms with Gasteiger partial charge in [-0.15, -0.1) is 33.3 Å². The van der Waals surface area contributed by atoms with Gasteiger partial charge >= 0.3 is 0 Å². The van der Waals surface area contributed by atoms with Gasteiger partial charge in [0.05, 0.1) is 16.6 Å². The molecule has 1 aliphatic rings. The second kappa shape index (κ2) is 10.0. The summed E-state index contributed by atoms with van der Waals surface area (Å²) < 4.78 is 1.71. The first kappa shape index (κ1) is 23.8. The van der Waals surface area contributed by atoms with E-state index >= 15 is 0 Å². The lowest BCUT2D eigenvalue weighted by atomic mass is 10.1. The number of thioether (sulfide) groups is 1. The number of nitrogens with zero attached hydrogens (tertiary/aromatic N) is 5. The average molecular weight is 518 g/mol. The molecule has 11 heteroatoms. The van der Waals surface area contributed by atoms with Gasteiger partial charge in [-0.2, -0.15) is 5.10 Å². The number of aromatic amines is 1. The molecule has 36 heavy (non-hydrogen) atoms. The van der Waals surface area contributed by atoms with E-state index in [1.54, 1.807) is 34.6 Å². The molecule has 9 nitrogen and oxygen atoms in total. The fraction of sp³-hybridized carbons (Fsp3) is 0.240. The predicted molar refractivity (Wildman–Crippen MR) is 139 cm³/mol. The number of anilines is 1. The summed E-state index contributed by atoms with van der Waals surface area (Å²) >= 11 is 3.02. The standard InChI is InChI=1S/C25H23N7O2S2/c1-15-19(10-9-17-12-26-31(2)13-17)36-25-21(15)35-14-18(24(34)32(25)3)27-23(33)22-28-20(29-30-22)11-16-7-5-4-6-8-16/h4-8,12-13,18H,11,14H2,1-3H3,(H,27,33)(H,28,29,30)/t18-/m0/s1. The van der Waals surface area contributed by atoms with Gasteiger partial charge in [-0.3, -0.25) is 14.3 Å². The van der Waals surface area contributed by atoms with E-state index in [9.17, 15) is 9.59 Å². The highest BCUT2D eigenvalue weighted by Crippen LogP contribution is 2.43. The maximum atomic E-state index is 13.2. The van der Waals surface area contributed by atoms with E-state index in [4.69, 9.17) is 0 Å². The lowest BCUT2D eigenvalue weighted by Gasteiger charge is -2.20. The number of aryl methyl sites for hydroxylation is 1. The highest BCUT2D eigenvalue weighted by molar-refractivity contribution is 7.99. The van der Waals surface area contributed by atoms with Crippen molar-refractivity contribution in [3.63, 3.8) is 0 Å². The molecule has 0 radical (unpaired) electrons. The highest BCUT2D eigenvalue weighted by atomic mass is 32.2. The van der Waals surface area contributed by atoms with Crippen LogP contribution in [0.3, 0.4) is 0 Å². The number of carbonyl (C=O) groups is 2. The van der Waals surface area contributed by atoms with Crippen LogP contribution in [0.4, 0.5) is 5.00 Å². The minimum absolute atomic E-state index is 0.0875. The third-order valence-electron chi connectivity index (χ3n) is 5.70. The first-order chi connectivity index (χ1) is 17.4. The van der Waals surface area contributed by atoms with E-state index in [2.05, 4.69) is 37.4 Å². The molecule has 4 aromatic rings. The number of benzene rings is 1. The number of hydrogen-bond donors (Lipinski definition) is 2. The monoisotopic (exact) mass is 517 g/mol. The van der Waals surface area contributed by atoms with E-state index in [0.717, 1.165) is 31.5 Å². The number of likely N-dealkylation sites (N-methyl/N-ethyl adjacent to an activating group) is 1. The Labute approximate surface area is 216 Å². The molecular weight excluding hydrogens is 494 g/mol. The van der Waals surface area contributed by atoms with E-state index in [1.165, 1.54) is 11.3 Å². The molecule has 182 valence electrons. The number of rotatable bonds is 4. The van der Waals surface area contributed by atoms with Crippen molar-refractivity contribution < 1.29 is 9.59 Å². The van der Waals surface area contributed by atoms with Gasteiger partial charge in [-0.05, 0) is 18.1 Å². The van der Waals surface area contributed by atoms with Crippen LogP contribution in [0.15, 0.2) is 47.6 Å². The third kappa shape index (κ3) is 4.91. The molecule has 0 saturated heterocycles. The van der Waals surface area contributed by atoms with Crippen molar-refractivity contribution in [1.29, 1.82) is 0 Å². The largest absolute Gasteiger partial charge is 0.337 e. The maximum Gasteiger partial charge on any atom is 0.289 e. The molecule has 5 rings (SSSR count).